The molecular formula is C30H30N6O6. The molecule has 42 heavy (non-hydrogen) atoms. The summed E-state index contributed by atoms with van der Waals surface area (Å²) in [6, 6.07) is 16.2. The fraction of sp³-hybridized carbons (Fsp3) is 0.200. The number of methoxy groups -OCH3 is 6. The zero-order valence-electron chi connectivity index (χ0n) is 24.1. The van der Waals surface area contributed by atoms with Crippen LogP contribution in [0.4, 0.5) is 17.8 Å². The molecule has 0 spiro atoms. The van der Waals surface area contributed by atoms with Crippen molar-refractivity contribution in [2.75, 3.05) is 42.7 Å². The molecule has 0 amide bonds. The summed E-state index contributed by atoms with van der Waals surface area (Å²) in [4.78, 5) is 26.4. The van der Waals surface area contributed by atoms with Crippen LogP contribution in [0.3, 0.4) is 0 Å². The molecule has 4 aromatic rings. The lowest BCUT2D eigenvalue weighted by molar-refractivity contribution is 0.355. The fourth-order valence-electron chi connectivity index (χ4n) is 3.71. The highest BCUT2D eigenvalue weighted by Gasteiger charge is 2.08. The van der Waals surface area contributed by atoms with E-state index in [0.717, 1.165) is 16.7 Å². The first-order chi connectivity index (χ1) is 20.5. The lowest BCUT2D eigenvalue weighted by Crippen LogP contribution is -1.94. The second-order valence-electron chi connectivity index (χ2n) is 8.35. The van der Waals surface area contributed by atoms with Crippen LogP contribution in [0.1, 0.15) is 16.7 Å². The number of hydrogen-bond acceptors (Lipinski definition) is 12. The lowest BCUT2D eigenvalue weighted by Gasteiger charge is -2.07. The van der Waals surface area contributed by atoms with Crippen LogP contribution in [0.5, 0.6) is 34.5 Å². The molecule has 0 radical (unpaired) electrons. The molecule has 12 nitrogen and oxygen atoms in total. The first kappa shape index (κ1) is 29.5. The van der Waals surface area contributed by atoms with Gasteiger partial charge >= 0.3 is 0 Å². The van der Waals surface area contributed by atoms with Gasteiger partial charge in [0.25, 0.3) is 17.8 Å². The Morgan fingerprint density at radius 3 is 0.905 bits per heavy atom. The molecule has 0 aliphatic heterocycles. The van der Waals surface area contributed by atoms with E-state index in [1.165, 1.54) is 0 Å². The molecule has 1 heterocycles. The molecule has 0 N–H and O–H groups in total. The third-order valence-corrected chi connectivity index (χ3v) is 5.81. The summed E-state index contributed by atoms with van der Waals surface area (Å²) in [5.74, 6) is 3.85. The number of aromatic nitrogens is 3. The first-order valence-corrected chi connectivity index (χ1v) is 12.5. The summed E-state index contributed by atoms with van der Waals surface area (Å²) in [7, 11) is 9.42. The van der Waals surface area contributed by atoms with Crippen molar-refractivity contribution >= 4 is 36.5 Å². The van der Waals surface area contributed by atoms with E-state index in [9.17, 15) is 0 Å². The average molecular weight is 571 g/mol. The number of benzene rings is 3. The standard InChI is InChI=1S/C30H30N6O6/c1-37-22-10-7-19(13-25(22)40-4)16-31-28-34-29(32-17-20-8-11-23(38-2)26(14-20)41-5)36-30(35-28)33-18-21-9-12-24(39-3)27(15-21)42-6/h7-18H,1-6H3. The molecule has 0 unspecified atom stereocenters. The summed E-state index contributed by atoms with van der Waals surface area (Å²) in [6.45, 7) is 0. The average Bonchev–Trinajstić information content (AvgIpc) is 3.04. The predicted octanol–water partition coefficient (Wildman–Crippen LogP) is 5.18. The Morgan fingerprint density at radius 1 is 0.405 bits per heavy atom. The summed E-state index contributed by atoms with van der Waals surface area (Å²) in [5, 5.41) is 0. The highest BCUT2D eigenvalue weighted by molar-refractivity contribution is 5.84. The zero-order valence-corrected chi connectivity index (χ0v) is 24.1. The second kappa shape index (κ2) is 14.2. The topological polar surface area (TPSA) is 131 Å². The lowest BCUT2D eigenvalue weighted by atomic mass is 10.2. The van der Waals surface area contributed by atoms with Gasteiger partial charge in [-0.25, -0.2) is 15.0 Å². The Kier molecular flexibility index (Phi) is 9.97. The molecule has 1 aromatic heterocycles. The van der Waals surface area contributed by atoms with Gasteiger partial charge in [0.1, 0.15) is 0 Å². The molecule has 3 aromatic carbocycles. The third kappa shape index (κ3) is 7.36. The Bertz CT molecular complexity index is 1420. The molecule has 12 heteroatoms. The van der Waals surface area contributed by atoms with E-state index >= 15 is 0 Å². The van der Waals surface area contributed by atoms with Crippen molar-refractivity contribution in [3.8, 4) is 34.5 Å². The molecule has 0 fully saturated rings. The van der Waals surface area contributed by atoms with Crippen molar-refractivity contribution in [2.24, 2.45) is 15.0 Å². The van der Waals surface area contributed by atoms with Gasteiger partial charge in [-0.15, -0.1) is 0 Å². The number of hydrogen-bond donors (Lipinski definition) is 0. The van der Waals surface area contributed by atoms with E-state index in [-0.39, 0.29) is 17.8 Å². The Hall–Kier alpha value is -5.52. The second-order valence-corrected chi connectivity index (χ2v) is 8.35. The Morgan fingerprint density at radius 2 is 0.667 bits per heavy atom. The molecule has 0 saturated carbocycles. The van der Waals surface area contributed by atoms with Crippen molar-refractivity contribution in [1.82, 2.24) is 15.0 Å². The Balaban J connectivity index is 1.69. The minimum Gasteiger partial charge on any atom is -0.493 e. The van der Waals surface area contributed by atoms with Crippen LogP contribution in [0.2, 0.25) is 0 Å². The van der Waals surface area contributed by atoms with Crippen LogP contribution >= 0.6 is 0 Å². The van der Waals surface area contributed by atoms with Crippen molar-refractivity contribution in [3.05, 3.63) is 71.3 Å². The van der Waals surface area contributed by atoms with E-state index in [1.807, 2.05) is 18.2 Å². The molecule has 0 saturated heterocycles. The predicted molar refractivity (Wildman–Crippen MR) is 160 cm³/mol. The number of ether oxygens (including phenoxy) is 6. The molecular weight excluding hydrogens is 540 g/mol. The van der Waals surface area contributed by atoms with E-state index in [1.54, 1.807) is 97.7 Å². The number of rotatable bonds is 12. The van der Waals surface area contributed by atoms with Gasteiger partial charge in [-0.1, -0.05) is 0 Å². The van der Waals surface area contributed by atoms with E-state index in [2.05, 4.69) is 29.9 Å². The minimum absolute atomic E-state index is 0.110. The van der Waals surface area contributed by atoms with Gasteiger partial charge in [0.2, 0.25) is 0 Å². The van der Waals surface area contributed by atoms with Gasteiger partial charge in [0.05, 0.1) is 42.7 Å². The van der Waals surface area contributed by atoms with Gasteiger partial charge in [-0.2, -0.15) is 15.0 Å². The smallest absolute Gasteiger partial charge is 0.256 e. The quantitative estimate of drug-likeness (QED) is 0.212. The molecule has 4 rings (SSSR count). The van der Waals surface area contributed by atoms with Crippen molar-refractivity contribution in [1.29, 1.82) is 0 Å². The summed E-state index contributed by atoms with van der Waals surface area (Å²) < 4.78 is 32.0. The summed E-state index contributed by atoms with van der Waals surface area (Å²) >= 11 is 0. The molecule has 0 aliphatic rings. The van der Waals surface area contributed by atoms with Gasteiger partial charge in [-0.3, -0.25) is 0 Å². The maximum atomic E-state index is 5.38. The highest BCUT2D eigenvalue weighted by Crippen LogP contribution is 2.29. The van der Waals surface area contributed by atoms with Gasteiger partial charge < -0.3 is 28.4 Å². The normalized spacial score (nSPS) is 11.3. The molecule has 0 atom stereocenters. The maximum absolute atomic E-state index is 5.38. The van der Waals surface area contributed by atoms with Crippen LogP contribution in [0.25, 0.3) is 0 Å². The van der Waals surface area contributed by atoms with E-state index < -0.39 is 0 Å². The van der Waals surface area contributed by atoms with Gasteiger partial charge in [-0.05, 0) is 71.3 Å². The summed E-state index contributed by atoms with van der Waals surface area (Å²) in [5.41, 5.74) is 2.25. The first-order valence-electron chi connectivity index (χ1n) is 12.5. The number of nitrogens with zero attached hydrogens (tertiary/aromatic N) is 6. The van der Waals surface area contributed by atoms with Crippen molar-refractivity contribution in [2.45, 2.75) is 0 Å². The molecule has 0 bridgehead atoms. The van der Waals surface area contributed by atoms with E-state index in [0.29, 0.717) is 34.5 Å². The summed E-state index contributed by atoms with van der Waals surface area (Å²) in [6.07, 6.45) is 4.79. The van der Waals surface area contributed by atoms with Crippen LogP contribution in [-0.2, 0) is 0 Å². The van der Waals surface area contributed by atoms with Crippen LogP contribution < -0.4 is 28.4 Å². The Labute approximate surface area is 243 Å². The number of aliphatic imine (C=N–C) groups is 3. The zero-order chi connectivity index (χ0) is 29.9. The van der Waals surface area contributed by atoms with Crippen LogP contribution in [0.15, 0.2) is 69.6 Å². The molecule has 0 aliphatic carbocycles. The maximum Gasteiger partial charge on any atom is 0.256 e. The monoisotopic (exact) mass is 570 g/mol. The van der Waals surface area contributed by atoms with Crippen LogP contribution in [-0.4, -0.2) is 76.3 Å². The fourth-order valence-corrected chi connectivity index (χ4v) is 3.71. The van der Waals surface area contributed by atoms with E-state index in [4.69, 9.17) is 28.4 Å². The third-order valence-electron chi connectivity index (χ3n) is 5.81. The SMILES string of the molecule is COc1ccc(C=Nc2nc(N=Cc3ccc(OC)c(OC)c3)nc(N=Cc3ccc(OC)c(OC)c3)n2)cc1OC. The van der Waals surface area contributed by atoms with Gasteiger partial charge in [0.15, 0.2) is 34.5 Å². The van der Waals surface area contributed by atoms with Crippen LogP contribution in [0, 0.1) is 0 Å². The van der Waals surface area contributed by atoms with Crippen molar-refractivity contribution < 1.29 is 28.4 Å². The largest absolute Gasteiger partial charge is 0.493 e. The van der Waals surface area contributed by atoms with Crippen molar-refractivity contribution in [3.63, 3.8) is 0 Å². The van der Waals surface area contributed by atoms with Gasteiger partial charge in [0, 0.05) is 18.6 Å². The minimum atomic E-state index is 0.110. The molecule has 216 valence electrons. The highest BCUT2D eigenvalue weighted by atomic mass is 16.5.